The highest BCUT2D eigenvalue weighted by molar-refractivity contribution is 5.99. The number of anilines is 2. The maximum atomic E-state index is 12.8. The van der Waals surface area contributed by atoms with Crippen molar-refractivity contribution in [3.8, 4) is 11.5 Å². The van der Waals surface area contributed by atoms with Crippen LogP contribution in [0.2, 0.25) is 0 Å². The second-order valence-electron chi connectivity index (χ2n) is 6.35. The highest BCUT2D eigenvalue weighted by atomic mass is 16.5. The van der Waals surface area contributed by atoms with Crippen LogP contribution in [0.15, 0.2) is 42.5 Å². The highest BCUT2D eigenvalue weighted by Crippen LogP contribution is 2.34. The number of nitrogen functional groups attached to an aromatic ring is 1. The molecule has 0 aliphatic carbocycles. The number of aromatic nitrogens is 1. The van der Waals surface area contributed by atoms with Gasteiger partial charge in [0.2, 0.25) is 0 Å². The molecule has 0 radical (unpaired) electrons. The van der Waals surface area contributed by atoms with E-state index in [0.717, 1.165) is 5.75 Å². The number of fused-ring (bicyclic) bond motifs is 1. The van der Waals surface area contributed by atoms with E-state index in [1.54, 1.807) is 17.0 Å². The van der Waals surface area contributed by atoms with Crippen LogP contribution in [0.5, 0.6) is 11.5 Å². The molecule has 1 aromatic heterocycles. The molecule has 0 bridgehead atoms. The molecule has 6 nitrogen and oxygen atoms in total. The number of benzene rings is 1. The molecule has 0 spiro atoms. The summed E-state index contributed by atoms with van der Waals surface area (Å²) in [6, 6.07) is 13.1. The zero-order valence-electron chi connectivity index (χ0n) is 14.5. The van der Waals surface area contributed by atoms with E-state index in [-0.39, 0.29) is 11.8 Å². The number of rotatable bonds is 6. The number of ether oxygens (including phenoxy) is 2. The number of nitrogens with zero attached hydrogens (tertiary/aromatic N) is 2. The molecule has 1 aromatic carbocycles. The lowest BCUT2D eigenvalue weighted by molar-refractivity contribution is -0.128. The van der Waals surface area contributed by atoms with Crippen molar-refractivity contribution in [2.45, 2.75) is 26.4 Å². The van der Waals surface area contributed by atoms with Crippen molar-refractivity contribution in [3.63, 3.8) is 0 Å². The van der Waals surface area contributed by atoms with Crippen molar-refractivity contribution in [2.75, 3.05) is 23.8 Å². The summed E-state index contributed by atoms with van der Waals surface area (Å²) in [4.78, 5) is 18.7. The first kappa shape index (κ1) is 17.1. The van der Waals surface area contributed by atoms with E-state index < -0.39 is 6.10 Å². The van der Waals surface area contributed by atoms with Crippen LogP contribution in [-0.2, 0) is 4.79 Å². The summed E-state index contributed by atoms with van der Waals surface area (Å²) in [6.07, 6.45) is 0.175. The van der Waals surface area contributed by atoms with Crippen LogP contribution >= 0.6 is 0 Å². The van der Waals surface area contributed by atoms with Gasteiger partial charge in [-0.15, -0.1) is 0 Å². The Bertz CT molecular complexity index is 734. The van der Waals surface area contributed by atoms with Crippen LogP contribution in [0.25, 0.3) is 0 Å². The van der Waals surface area contributed by atoms with Crippen LogP contribution < -0.4 is 20.1 Å². The zero-order valence-corrected chi connectivity index (χ0v) is 14.5. The topological polar surface area (TPSA) is 77.7 Å². The van der Waals surface area contributed by atoms with Crippen LogP contribution in [0.3, 0.4) is 0 Å². The Morgan fingerprint density at radius 2 is 2.00 bits per heavy atom. The Morgan fingerprint density at radius 3 is 2.72 bits per heavy atom. The zero-order chi connectivity index (χ0) is 17.8. The van der Waals surface area contributed by atoms with Crippen molar-refractivity contribution < 1.29 is 14.3 Å². The highest BCUT2D eigenvalue weighted by Gasteiger charge is 2.37. The fourth-order valence-electron chi connectivity index (χ4n) is 2.75. The molecule has 2 N–H and O–H groups in total. The van der Waals surface area contributed by atoms with E-state index in [0.29, 0.717) is 37.0 Å². The minimum absolute atomic E-state index is 0.0706. The average Bonchev–Trinajstić information content (AvgIpc) is 2.60. The van der Waals surface area contributed by atoms with E-state index in [1.807, 2.05) is 44.2 Å². The Balaban J connectivity index is 1.70. The normalized spacial score (nSPS) is 16.5. The van der Waals surface area contributed by atoms with E-state index in [4.69, 9.17) is 15.2 Å². The largest absolute Gasteiger partial charge is 0.494 e. The first-order valence-corrected chi connectivity index (χ1v) is 8.48. The molecule has 6 heteroatoms. The van der Waals surface area contributed by atoms with E-state index in [2.05, 4.69) is 4.98 Å². The molecular weight excluding hydrogens is 318 g/mol. The number of nitrogens with two attached hydrogens (primary N) is 1. The van der Waals surface area contributed by atoms with Crippen LogP contribution in [0.4, 0.5) is 11.6 Å². The predicted octanol–water partition coefficient (Wildman–Crippen LogP) is 2.88. The third-order valence-corrected chi connectivity index (χ3v) is 4.02. The number of amides is 1. The standard InChI is InChI=1S/C19H23N3O3/c1-13(2)17-19(23)22(18-15(25-17)9-10-16(20)21-18)11-6-12-24-14-7-4-3-5-8-14/h3-5,7-10,13,17H,6,11-12H2,1-2H3,(H2,20,21). The molecule has 1 aliphatic heterocycles. The number of hydrogen-bond acceptors (Lipinski definition) is 5. The maximum Gasteiger partial charge on any atom is 0.269 e. The lowest BCUT2D eigenvalue weighted by atomic mass is 10.0. The van der Waals surface area contributed by atoms with Gasteiger partial charge in [0.15, 0.2) is 17.7 Å². The summed E-state index contributed by atoms with van der Waals surface area (Å²) < 4.78 is 11.5. The lowest BCUT2D eigenvalue weighted by Crippen LogP contribution is -2.49. The summed E-state index contributed by atoms with van der Waals surface area (Å²) in [5, 5.41) is 0. The molecule has 2 aromatic rings. The average molecular weight is 341 g/mol. The van der Waals surface area contributed by atoms with Crippen molar-refractivity contribution in [1.82, 2.24) is 4.98 Å². The molecule has 1 aliphatic rings. The molecule has 25 heavy (non-hydrogen) atoms. The molecule has 1 atom stereocenters. The second kappa shape index (κ2) is 7.42. The predicted molar refractivity (Wildman–Crippen MR) is 96.8 cm³/mol. The summed E-state index contributed by atoms with van der Waals surface area (Å²) in [6.45, 7) is 4.95. The number of hydrogen-bond donors (Lipinski definition) is 1. The molecule has 3 rings (SSSR count). The van der Waals surface area contributed by atoms with Gasteiger partial charge in [-0.05, 0) is 36.6 Å². The lowest BCUT2D eigenvalue weighted by Gasteiger charge is -2.35. The molecule has 0 fully saturated rings. The van der Waals surface area contributed by atoms with Crippen molar-refractivity contribution in [2.24, 2.45) is 5.92 Å². The van der Waals surface area contributed by atoms with E-state index in [9.17, 15) is 4.79 Å². The third kappa shape index (κ3) is 3.84. The SMILES string of the molecule is CC(C)C1Oc2ccc(N)nc2N(CCCOc2ccccc2)C1=O. The Kier molecular flexibility index (Phi) is 5.07. The maximum absolute atomic E-state index is 12.8. The van der Waals surface area contributed by atoms with Gasteiger partial charge in [-0.25, -0.2) is 4.98 Å². The Labute approximate surface area is 147 Å². The van der Waals surface area contributed by atoms with Gasteiger partial charge >= 0.3 is 0 Å². The Hall–Kier alpha value is -2.76. The summed E-state index contributed by atoms with van der Waals surface area (Å²) >= 11 is 0. The quantitative estimate of drug-likeness (QED) is 0.818. The molecule has 2 heterocycles. The summed E-state index contributed by atoms with van der Waals surface area (Å²) in [5.74, 6) is 2.25. The monoisotopic (exact) mass is 341 g/mol. The van der Waals surface area contributed by atoms with Gasteiger partial charge in [-0.1, -0.05) is 32.0 Å². The van der Waals surface area contributed by atoms with Crippen molar-refractivity contribution in [3.05, 3.63) is 42.5 Å². The van der Waals surface area contributed by atoms with Gasteiger partial charge in [0.1, 0.15) is 11.6 Å². The molecule has 132 valence electrons. The second-order valence-corrected chi connectivity index (χ2v) is 6.35. The smallest absolute Gasteiger partial charge is 0.269 e. The van der Waals surface area contributed by atoms with Crippen LogP contribution in [0, 0.1) is 5.92 Å². The van der Waals surface area contributed by atoms with Crippen LogP contribution in [0.1, 0.15) is 20.3 Å². The summed E-state index contributed by atoms with van der Waals surface area (Å²) in [5.41, 5.74) is 5.79. The summed E-state index contributed by atoms with van der Waals surface area (Å²) in [7, 11) is 0. The van der Waals surface area contributed by atoms with Gasteiger partial charge < -0.3 is 15.2 Å². The fourth-order valence-corrected chi connectivity index (χ4v) is 2.75. The number of para-hydroxylation sites is 1. The first-order chi connectivity index (χ1) is 12.1. The fraction of sp³-hybridized carbons (Fsp3) is 0.368. The van der Waals surface area contributed by atoms with Gasteiger partial charge in [-0.2, -0.15) is 0 Å². The number of carbonyl (C=O) groups excluding carboxylic acids is 1. The molecule has 0 saturated heterocycles. The van der Waals surface area contributed by atoms with Crippen molar-refractivity contribution >= 4 is 17.5 Å². The third-order valence-electron chi connectivity index (χ3n) is 4.02. The minimum atomic E-state index is -0.507. The van der Waals surface area contributed by atoms with Gasteiger partial charge in [-0.3, -0.25) is 9.69 Å². The minimum Gasteiger partial charge on any atom is -0.494 e. The Morgan fingerprint density at radius 1 is 1.24 bits per heavy atom. The van der Waals surface area contributed by atoms with Gasteiger partial charge in [0.25, 0.3) is 5.91 Å². The molecule has 1 amide bonds. The molecular formula is C19H23N3O3. The van der Waals surface area contributed by atoms with E-state index in [1.165, 1.54) is 0 Å². The number of carbonyl (C=O) groups is 1. The van der Waals surface area contributed by atoms with E-state index >= 15 is 0 Å². The molecule has 1 unspecified atom stereocenters. The first-order valence-electron chi connectivity index (χ1n) is 8.48. The van der Waals surface area contributed by atoms with Crippen molar-refractivity contribution in [1.29, 1.82) is 0 Å². The van der Waals surface area contributed by atoms with Gasteiger partial charge in [0, 0.05) is 6.54 Å². The van der Waals surface area contributed by atoms with Gasteiger partial charge in [0.05, 0.1) is 6.61 Å². The van der Waals surface area contributed by atoms with Crippen LogP contribution in [-0.4, -0.2) is 30.1 Å². The number of pyridine rings is 1. The molecule has 0 saturated carbocycles.